The highest BCUT2D eigenvalue weighted by molar-refractivity contribution is 6.30. The van der Waals surface area contributed by atoms with Crippen molar-refractivity contribution in [1.82, 2.24) is 20.2 Å². The second-order valence-electron chi connectivity index (χ2n) is 5.55. The number of hydrazine groups is 1. The third-order valence-electron chi connectivity index (χ3n) is 4.08. The van der Waals surface area contributed by atoms with Crippen molar-refractivity contribution in [1.29, 1.82) is 0 Å². The van der Waals surface area contributed by atoms with Crippen molar-refractivity contribution < 1.29 is 0 Å². The van der Waals surface area contributed by atoms with Gasteiger partial charge in [0.25, 0.3) is 0 Å². The largest absolute Gasteiger partial charge is 0.271 e. The fourth-order valence-corrected chi connectivity index (χ4v) is 3.02. The van der Waals surface area contributed by atoms with Crippen LogP contribution in [0.5, 0.6) is 0 Å². The van der Waals surface area contributed by atoms with Crippen molar-refractivity contribution >= 4 is 11.6 Å². The van der Waals surface area contributed by atoms with Crippen molar-refractivity contribution in [3.63, 3.8) is 0 Å². The van der Waals surface area contributed by atoms with Crippen LogP contribution in [0, 0.1) is 0 Å². The van der Waals surface area contributed by atoms with Crippen LogP contribution in [0.4, 0.5) is 0 Å². The van der Waals surface area contributed by atoms with Crippen LogP contribution >= 0.6 is 11.6 Å². The Morgan fingerprint density at radius 2 is 2.14 bits per heavy atom. The lowest BCUT2D eigenvalue weighted by Gasteiger charge is -2.14. The van der Waals surface area contributed by atoms with E-state index in [1.807, 2.05) is 12.1 Å². The molecule has 1 unspecified atom stereocenters. The van der Waals surface area contributed by atoms with E-state index in [0.717, 1.165) is 11.4 Å². The van der Waals surface area contributed by atoms with Gasteiger partial charge in [-0.2, -0.15) is 5.10 Å². The number of hydrogen-bond donors (Lipinski definition) is 2. The molecule has 0 aromatic carbocycles. The molecular weight excluding hydrogens is 286 g/mol. The summed E-state index contributed by atoms with van der Waals surface area (Å²) < 4.78 is 2.10. The van der Waals surface area contributed by atoms with E-state index in [1.165, 1.54) is 25.7 Å². The van der Waals surface area contributed by atoms with Crippen LogP contribution in [0.3, 0.4) is 0 Å². The summed E-state index contributed by atoms with van der Waals surface area (Å²) in [5.41, 5.74) is 4.71. The Bertz CT molecular complexity index is 574. The van der Waals surface area contributed by atoms with Crippen LogP contribution in [0.15, 0.2) is 30.6 Å². The second-order valence-corrected chi connectivity index (χ2v) is 5.99. The number of hydrogen-bond acceptors (Lipinski definition) is 4. The van der Waals surface area contributed by atoms with E-state index in [1.54, 1.807) is 6.20 Å². The highest BCUT2D eigenvalue weighted by Crippen LogP contribution is 2.29. The number of nitrogens with zero attached hydrogens (tertiary/aromatic N) is 3. The van der Waals surface area contributed by atoms with E-state index in [-0.39, 0.29) is 6.04 Å². The molecule has 2 aromatic rings. The monoisotopic (exact) mass is 305 g/mol. The SMILES string of the molecule is NNC(Cc1ccn(C2CCCC2)n1)c1ccc(Cl)cn1. The predicted molar refractivity (Wildman–Crippen MR) is 82.7 cm³/mol. The molecule has 0 radical (unpaired) electrons. The highest BCUT2D eigenvalue weighted by atomic mass is 35.5. The Kier molecular flexibility index (Phi) is 4.53. The number of rotatable bonds is 5. The van der Waals surface area contributed by atoms with Crippen molar-refractivity contribution in [2.45, 2.75) is 44.2 Å². The summed E-state index contributed by atoms with van der Waals surface area (Å²) >= 11 is 5.87. The van der Waals surface area contributed by atoms with E-state index < -0.39 is 0 Å². The van der Waals surface area contributed by atoms with Crippen LogP contribution in [0.2, 0.25) is 5.02 Å². The molecule has 0 spiro atoms. The molecule has 3 N–H and O–H groups in total. The zero-order valence-corrected chi connectivity index (χ0v) is 12.6. The van der Waals surface area contributed by atoms with E-state index in [4.69, 9.17) is 22.5 Å². The van der Waals surface area contributed by atoms with Gasteiger partial charge in [-0.3, -0.25) is 20.9 Å². The normalized spacial score (nSPS) is 17.2. The molecule has 1 aliphatic rings. The minimum absolute atomic E-state index is 0.0609. The number of nitrogens with one attached hydrogen (secondary N) is 1. The van der Waals surface area contributed by atoms with Gasteiger partial charge in [0.1, 0.15) is 0 Å². The molecule has 2 heterocycles. The summed E-state index contributed by atoms with van der Waals surface area (Å²) in [6.45, 7) is 0. The fourth-order valence-electron chi connectivity index (χ4n) is 2.91. The molecule has 21 heavy (non-hydrogen) atoms. The molecule has 0 amide bonds. The topological polar surface area (TPSA) is 68.8 Å². The van der Waals surface area contributed by atoms with Crippen LogP contribution in [-0.4, -0.2) is 14.8 Å². The predicted octanol–water partition coefficient (Wildman–Crippen LogP) is 2.79. The molecule has 5 nitrogen and oxygen atoms in total. The highest BCUT2D eigenvalue weighted by Gasteiger charge is 2.19. The van der Waals surface area contributed by atoms with E-state index in [0.29, 0.717) is 17.5 Å². The smallest absolute Gasteiger partial charge is 0.0688 e. The number of aromatic nitrogens is 3. The Hall–Kier alpha value is -1.43. The molecule has 0 aliphatic heterocycles. The van der Waals surface area contributed by atoms with Gasteiger partial charge in [-0.15, -0.1) is 0 Å². The average molecular weight is 306 g/mol. The van der Waals surface area contributed by atoms with Gasteiger partial charge in [0.15, 0.2) is 0 Å². The molecule has 112 valence electrons. The summed E-state index contributed by atoms with van der Waals surface area (Å²) in [4.78, 5) is 4.32. The van der Waals surface area contributed by atoms with Crippen molar-refractivity contribution in [3.8, 4) is 0 Å². The molecule has 1 atom stereocenters. The number of nitrogens with two attached hydrogens (primary N) is 1. The number of pyridine rings is 1. The van der Waals surface area contributed by atoms with Crippen LogP contribution < -0.4 is 11.3 Å². The Balaban J connectivity index is 1.70. The maximum Gasteiger partial charge on any atom is 0.0688 e. The molecular formula is C15H20ClN5. The van der Waals surface area contributed by atoms with Crippen LogP contribution in [-0.2, 0) is 6.42 Å². The van der Waals surface area contributed by atoms with Gasteiger partial charge in [-0.25, -0.2) is 0 Å². The van der Waals surface area contributed by atoms with Gasteiger partial charge in [-0.1, -0.05) is 24.4 Å². The minimum Gasteiger partial charge on any atom is -0.271 e. The molecule has 2 aromatic heterocycles. The summed E-state index contributed by atoms with van der Waals surface area (Å²) in [6.07, 6.45) is 9.51. The molecule has 1 saturated carbocycles. The molecule has 6 heteroatoms. The summed E-state index contributed by atoms with van der Waals surface area (Å²) in [7, 11) is 0. The quantitative estimate of drug-likeness (QED) is 0.658. The lowest BCUT2D eigenvalue weighted by atomic mass is 10.1. The van der Waals surface area contributed by atoms with Crippen molar-refractivity contribution in [3.05, 3.63) is 47.0 Å². The first kappa shape index (κ1) is 14.5. The summed E-state index contributed by atoms with van der Waals surface area (Å²) in [5.74, 6) is 5.66. The first-order chi connectivity index (χ1) is 10.3. The van der Waals surface area contributed by atoms with Crippen molar-refractivity contribution in [2.24, 2.45) is 5.84 Å². The van der Waals surface area contributed by atoms with Gasteiger partial charge in [0.05, 0.1) is 28.5 Å². The third-order valence-corrected chi connectivity index (χ3v) is 4.31. The summed E-state index contributed by atoms with van der Waals surface area (Å²) in [5, 5.41) is 5.32. The van der Waals surface area contributed by atoms with Gasteiger partial charge in [-0.05, 0) is 31.0 Å². The fraction of sp³-hybridized carbons (Fsp3) is 0.467. The van der Waals surface area contributed by atoms with Crippen LogP contribution in [0.1, 0.15) is 49.2 Å². The maximum absolute atomic E-state index is 5.87. The van der Waals surface area contributed by atoms with Gasteiger partial charge >= 0.3 is 0 Å². The molecule has 0 saturated heterocycles. The Morgan fingerprint density at radius 3 is 2.81 bits per heavy atom. The maximum atomic E-state index is 5.87. The van der Waals surface area contributed by atoms with Crippen LogP contribution in [0.25, 0.3) is 0 Å². The van der Waals surface area contributed by atoms with Crippen molar-refractivity contribution in [2.75, 3.05) is 0 Å². The minimum atomic E-state index is -0.0609. The first-order valence-electron chi connectivity index (χ1n) is 7.38. The zero-order valence-electron chi connectivity index (χ0n) is 11.9. The van der Waals surface area contributed by atoms with E-state index in [9.17, 15) is 0 Å². The lowest BCUT2D eigenvalue weighted by molar-refractivity contribution is 0.456. The van der Waals surface area contributed by atoms with E-state index in [2.05, 4.69) is 27.4 Å². The standard InChI is InChI=1S/C15H20ClN5/c16-11-5-6-14(18-10-11)15(19-17)9-12-7-8-21(20-12)13-3-1-2-4-13/h5-8,10,13,15,19H,1-4,9,17H2. The van der Waals surface area contributed by atoms with Gasteiger partial charge in [0, 0.05) is 18.8 Å². The Labute approximate surface area is 129 Å². The second kappa shape index (κ2) is 6.56. The summed E-state index contributed by atoms with van der Waals surface area (Å²) in [6, 6.07) is 6.29. The van der Waals surface area contributed by atoms with Gasteiger partial charge in [0.2, 0.25) is 0 Å². The lowest BCUT2D eigenvalue weighted by Crippen LogP contribution is -2.30. The molecule has 1 fully saturated rings. The first-order valence-corrected chi connectivity index (χ1v) is 7.75. The third kappa shape index (κ3) is 3.43. The molecule has 1 aliphatic carbocycles. The molecule has 3 rings (SSSR count). The van der Waals surface area contributed by atoms with Gasteiger partial charge < -0.3 is 0 Å². The van der Waals surface area contributed by atoms with E-state index >= 15 is 0 Å². The molecule has 0 bridgehead atoms. The number of halogens is 1. The Morgan fingerprint density at radius 1 is 1.33 bits per heavy atom. The zero-order chi connectivity index (χ0) is 14.7. The average Bonchev–Trinajstić information content (AvgIpc) is 3.17.